The third-order valence-corrected chi connectivity index (χ3v) is 5.55. The standard InChI is InChI=1S/C16H21N3O4/c1-18-5-4-11-7-19(9-16(11,8-18)15(21)22)14(20)12-6-13(23-17-12)10-2-3-10/h6,10-11H,2-5,7-9H2,1H3,(H,21,22)/t11-,16-/m0/s1. The average Bonchev–Trinajstić information content (AvgIpc) is 3.12. The van der Waals surface area contributed by atoms with E-state index in [4.69, 9.17) is 4.52 Å². The van der Waals surface area contributed by atoms with Crippen LogP contribution in [-0.4, -0.2) is 65.2 Å². The minimum atomic E-state index is -0.855. The number of hydrogen-bond acceptors (Lipinski definition) is 5. The molecule has 3 aliphatic rings. The number of nitrogens with zero attached hydrogens (tertiary/aromatic N) is 3. The van der Waals surface area contributed by atoms with Gasteiger partial charge in [0.1, 0.15) is 11.2 Å². The quantitative estimate of drug-likeness (QED) is 0.895. The predicted molar refractivity (Wildman–Crippen MR) is 80.1 cm³/mol. The van der Waals surface area contributed by atoms with Gasteiger partial charge in [-0.2, -0.15) is 0 Å². The molecule has 1 aromatic rings. The van der Waals surface area contributed by atoms with E-state index in [-0.39, 0.29) is 18.4 Å². The van der Waals surface area contributed by atoms with Crippen molar-refractivity contribution < 1.29 is 19.2 Å². The van der Waals surface area contributed by atoms with Gasteiger partial charge in [-0.15, -0.1) is 0 Å². The highest BCUT2D eigenvalue weighted by Gasteiger charge is 2.55. The molecule has 124 valence electrons. The van der Waals surface area contributed by atoms with E-state index in [0.29, 0.717) is 24.7 Å². The maximum Gasteiger partial charge on any atom is 0.313 e. The fourth-order valence-corrected chi connectivity index (χ4v) is 4.04. The summed E-state index contributed by atoms with van der Waals surface area (Å²) in [5.41, 5.74) is -0.550. The van der Waals surface area contributed by atoms with Gasteiger partial charge in [-0.25, -0.2) is 0 Å². The van der Waals surface area contributed by atoms with Gasteiger partial charge in [0.25, 0.3) is 5.91 Å². The summed E-state index contributed by atoms with van der Waals surface area (Å²) in [6, 6.07) is 1.72. The van der Waals surface area contributed by atoms with E-state index >= 15 is 0 Å². The van der Waals surface area contributed by atoms with Crippen LogP contribution in [-0.2, 0) is 4.79 Å². The Morgan fingerprint density at radius 1 is 1.35 bits per heavy atom. The Labute approximate surface area is 134 Å². The molecule has 0 radical (unpaired) electrons. The number of aliphatic carboxylic acids is 1. The molecule has 0 bridgehead atoms. The van der Waals surface area contributed by atoms with E-state index in [1.807, 2.05) is 11.9 Å². The van der Waals surface area contributed by atoms with Crippen LogP contribution >= 0.6 is 0 Å². The highest BCUT2D eigenvalue weighted by atomic mass is 16.5. The number of carbonyl (C=O) groups is 2. The first-order valence-electron chi connectivity index (χ1n) is 8.17. The molecular weight excluding hydrogens is 298 g/mol. The van der Waals surface area contributed by atoms with Crippen LogP contribution in [0.5, 0.6) is 0 Å². The van der Waals surface area contributed by atoms with Crippen LogP contribution in [0.4, 0.5) is 0 Å². The molecule has 0 unspecified atom stereocenters. The number of amides is 1. The van der Waals surface area contributed by atoms with Crippen molar-refractivity contribution >= 4 is 11.9 Å². The van der Waals surface area contributed by atoms with Crippen LogP contribution in [0.1, 0.15) is 41.4 Å². The topological polar surface area (TPSA) is 86.9 Å². The molecule has 1 N–H and O–H groups in total. The van der Waals surface area contributed by atoms with Gasteiger partial charge < -0.3 is 19.4 Å². The Hall–Kier alpha value is -1.89. The molecule has 7 heteroatoms. The first-order chi connectivity index (χ1) is 11.0. The van der Waals surface area contributed by atoms with Crippen molar-refractivity contribution in [3.63, 3.8) is 0 Å². The normalized spacial score (nSPS) is 31.2. The van der Waals surface area contributed by atoms with Gasteiger partial charge in [-0.05, 0) is 38.8 Å². The van der Waals surface area contributed by atoms with Crippen molar-refractivity contribution in [1.29, 1.82) is 0 Å². The van der Waals surface area contributed by atoms with Crippen molar-refractivity contribution in [3.8, 4) is 0 Å². The molecule has 3 heterocycles. The van der Waals surface area contributed by atoms with Crippen molar-refractivity contribution in [2.75, 3.05) is 33.2 Å². The number of aromatic nitrogens is 1. The van der Waals surface area contributed by atoms with E-state index in [1.165, 1.54) is 0 Å². The summed E-state index contributed by atoms with van der Waals surface area (Å²) in [4.78, 5) is 28.3. The lowest BCUT2D eigenvalue weighted by Gasteiger charge is -2.39. The van der Waals surface area contributed by atoms with Gasteiger partial charge in [0.2, 0.25) is 0 Å². The zero-order chi connectivity index (χ0) is 16.2. The van der Waals surface area contributed by atoms with E-state index in [1.54, 1.807) is 11.0 Å². The molecular formula is C16H21N3O4. The zero-order valence-electron chi connectivity index (χ0n) is 13.2. The van der Waals surface area contributed by atoms with Crippen molar-refractivity contribution in [1.82, 2.24) is 15.0 Å². The van der Waals surface area contributed by atoms with Gasteiger partial charge in [0.05, 0.1) is 0 Å². The smallest absolute Gasteiger partial charge is 0.313 e. The molecule has 0 spiro atoms. The highest BCUT2D eigenvalue weighted by molar-refractivity contribution is 5.93. The van der Waals surface area contributed by atoms with Crippen LogP contribution in [0.2, 0.25) is 0 Å². The van der Waals surface area contributed by atoms with E-state index in [2.05, 4.69) is 5.16 Å². The van der Waals surface area contributed by atoms with Gasteiger partial charge in [0.15, 0.2) is 5.69 Å². The Morgan fingerprint density at radius 2 is 2.13 bits per heavy atom. The maximum absolute atomic E-state index is 12.7. The van der Waals surface area contributed by atoms with E-state index in [9.17, 15) is 14.7 Å². The second kappa shape index (κ2) is 5.06. The van der Waals surface area contributed by atoms with E-state index in [0.717, 1.165) is 31.6 Å². The molecule has 3 fully saturated rings. The molecule has 7 nitrogen and oxygen atoms in total. The molecule has 1 amide bonds. The van der Waals surface area contributed by atoms with Crippen molar-refractivity contribution in [3.05, 3.63) is 17.5 Å². The molecule has 4 rings (SSSR count). The fourth-order valence-electron chi connectivity index (χ4n) is 4.04. The highest BCUT2D eigenvalue weighted by Crippen LogP contribution is 2.43. The summed E-state index contributed by atoms with van der Waals surface area (Å²) < 4.78 is 5.26. The number of carboxylic acid groups (broad SMARTS) is 1. The summed E-state index contributed by atoms with van der Waals surface area (Å²) in [6.45, 7) is 2.10. The predicted octanol–water partition coefficient (Wildman–Crippen LogP) is 1.03. The number of piperidine rings is 1. The maximum atomic E-state index is 12.7. The third-order valence-electron chi connectivity index (χ3n) is 5.55. The summed E-state index contributed by atoms with van der Waals surface area (Å²) in [5.74, 6) is 0.179. The molecule has 1 aliphatic carbocycles. The summed E-state index contributed by atoms with van der Waals surface area (Å²) in [6.07, 6.45) is 2.98. The largest absolute Gasteiger partial charge is 0.481 e. The summed E-state index contributed by atoms with van der Waals surface area (Å²) >= 11 is 0. The van der Waals surface area contributed by atoms with Crippen molar-refractivity contribution in [2.24, 2.45) is 11.3 Å². The first kappa shape index (κ1) is 14.7. The second-order valence-electron chi connectivity index (χ2n) is 7.26. The SMILES string of the molecule is CN1CC[C@H]2CN(C(=O)c3cc(C4CC4)on3)C[C@@]2(C(=O)O)C1. The Morgan fingerprint density at radius 3 is 2.83 bits per heavy atom. The molecule has 1 aromatic heterocycles. The molecule has 2 saturated heterocycles. The average molecular weight is 319 g/mol. The van der Waals surface area contributed by atoms with Crippen molar-refractivity contribution in [2.45, 2.75) is 25.2 Å². The number of rotatable bonds is 3. The minimum absolute atomic E-state index is 0.00922. The number of likely N-dealkylation sites (tertiary alicyclic amines) is 2. The Kier molecular flexibility index (Phi) is 3.23. The molecule has 2 atom stereocenters. The molecule has 23 heavy (non-hydrogen) atoms. The Bertz CT molecular complexity index is 654. The number of carboxylic acids is 1. The lowest BCUT2D eigenvalue weighted by Crippen LogP contribution is -2.52. The van der Waals surface area contributed by atoms with Crippen LogP contribution in [0.15, 0.2) is 10.6 Å². The minimum Gasteiger partial charge on any atom is -0.481 e. The first-order valence-corrected chi connectivity index (χ1v) is 8.17. The molecule has 2 aliphatic heterocycles. The molecule has 0 aromatic carbocycles. The van der Waals surface area contributed by atoms with Gasteiger partial charge in [-0.3, -0.25) is 9.59 Å². The summed E-state index contributed by atoms with van der Waals surface area (Å²) in [5, 5.41) is 13.7. The second-order valence-corrected chi connectivity index (χ2v) is 7.26. The number of fused-ring (bicyclic) bond motifs is 1. The van der Waals surface area contributed by atoms with Gasteiger partial charge in [0, 0.05) is 31.6 Å². The third kappa shape index (κ3) is 2.34. The fraction of sp³-hybridized carbons (Fsp3) is 0.688. The number of hydrogen-bond donors (Lipinski definition) is 1. The zero-order valence-corrected chi connectivity index (χ0v) is 13.2. The van der Waals surface area contributed by atoms with Gasteiger partial charge in [-0.1, -0.05) is 5.16 Å². The summed E-state index contributed by atoms with van der Waals surface area (Å²) in [7, 11) is 1.94. The Balaban J connectivity index is 1.55. The van der Waals surface area contributed by atoms with Crippen LogP contribution in [0.25, 0.3) is 0 Å². The van der Waals surface area contributed by atoms with Crippen LogP contribution < -0.4 is 0 Å². The lowest BCUT2D eigenvalue weighted by molar-refractivity contribution is -0.153. The van der Waals surface area contributed by atoms with Crippen LogP contribution in [0.3, 0.4) is 0 Å². The van der Waals surface area contributed by atoms with Crippen LogP contribution in [0, 0.1) is 11.3 Å². The monoisotopic (exact) mass is 319 g/mol. The molecule has 1 saturated carbocycles. The number of carbonyl (C=O) groups excluding carboxylic acids is 1. The lowest BCUT2D eigenvalue weighted by atomic mass is 9.73. The van der Waals surface area contributed by atoms with Gasteiger partial charge >= 0.3 is 5.97 Å². The van der Waals surface area contributed by atoms with E-state index < -0.39 is 11.4 Å².